The van der Waals surface area contributed by atoms with Crippen molar-refractivity contribution in [3.8, 4) is 5.75 Å². The summed E-state index contributed by atoms with van der Waals surface area (Å²) in [5.74, 6) is 1.66. The van der Waals surface area contributed by atoms with Crippen LogP contribution < -0.4 is 15.8 Å². The first-order valence-corrected chi connectivity index (χ1v) is 7.74. The number of rotatable bonds is 5. The van der Waals surface area contributed by atoms with Gasteiger partial charge in [0.1, 0.15) is 11.6 Å². The summed E-state index contributed by atoms with van der Waals surface area (Å²) in [6.45, 7) is 1.16. The first-order valence-electron chi connectivity index (χ1n) is 6.94. The van der Waals surface area contributed by atoms with Crippen LogP contribution in [0.4, 0.5) is 5.82 Å². The van der Waals surface area contributed by atoms with Gasteiger partial charge in [0.05, 0.1) is 22.6 Å². The second-order valence-electron chi connectivity index (χ2n) is 4.95. The molecule has 3 rings (SSSR count). The lowest BCUT2D eigenvalue weighted by molar-refractivity contribution is 0.414. The number of benzene rings is 1. The molecule has 6 heteroatoms. The van der Waals surface area contributed by atoms with E-state index in [4.69, 9.17) is 10.5 Å². The Balaban J connectivity index is 1.78. The number of halogens is 1. The average Bonchev–Trinajstić information content (AvgIpc) is 2.95. The standard InChI is InChI=1S/C16H17BrN4O/c1-22-12-4-2-10(3-5-12)9-19-16-13(17)7-15-14(21-16)6-11(8-18)20-15/h2-7,20H,8-9,18H2,1H3,(H,19,21). The van der Waals surface area contributed by atoms with Crippen LogP contribution in [-0.2, 0) is 13.1 Å². The molecule has 5 nitrogen and oxygen atoms in total. The second kappa shape index (κ2) is 6.37. The van der Waals surface area contributed by atoms with E-state index in [1.165, 1.54) is 0 Å². The van der Waals surface area contributed by atoms with Gasteiger partial charge in [0.2, 0.25) is 0 Å². The van der Waals surface area contributed by atoms with Gasteiger partial charge in [-0.15, -0.1) is 0 Å². The molecular formula is C16H17BrN4O. The molecule has 114 valence electrons. The Labute approximate surface area is 137 Å². The van der Waals surface area contributed by atoms with Crippen molar-refractivity contribution >= 4 is 32.8 Å². The van der Waals surface area contributed by atoms with Gasteiger partial charge in [-0.3, -0.25) is 0 Å². The number of aromatic amines is 1. The molecule has 0 aliphatic heterocycles. The molecule has 3 aromatic rings. The summed E-state index contributed by atoms with van der Waals surface area (Å²) in [4.78, 5) is 7.86. The van der Waals surface area contributed by atoms with Crippen LogP contribution in [0.2, 0.25) is 0 Å². The molecule has 0 saturated carbocycles. The fourth-order valence-corrected chi connectivity index (χ4v) is 2.71. The molecule has 4 N–H and O–H groups in total. The third-order valence-electron chi connectivity index (χ3n) is 3.45. The van der Waals surface area contributed by atoms with Crippen molar-refractivity contribution in [2.75, 3.05) is 12.4 Å². The summed E-state index contributed by atoms with van der Waals surface area (Å²) in [6, 6.07) is 11.9. The monoisotopic (exact) mass is 360 g/mol. The zero-order valence-electron chi connectivity index (χ0n) is 12.2. The molecule has 0 bridgehead atoms. The average molecular weight is 361 g/mol. The number of hydrogen-bond donors (Lipinski definition) is 3. The predicted molar refractivity (Wildman–Crippen MR) is 92.0 cm³/mol. The predicted octanol–water partition coefficient (Wildman–Crippen LogP) is 3.40. The Morgan fingerprint density at radius 3 is 2.73 bits per heavy atom. The third kappa shape index (κ3) is 3.08. The van der Waals surface area contributed by atoms with Crippen molar-refractivity contribution in [2.24, 2.45) is 5.73 Å². The Morgan fingerprint density at radius 2 is 2.05 bits per heavy atom. The molecule has 2 heterocycles. The third-order valence-corrected chi connectivity index (χ3v) is 4.06. The molecule has 22 heavy (non-hydrogen) atoms. The molecule has 0 atom stereocenters. The molecule has 0 unspecified atom stereocenters. The first-order chi connectivity index (χ1) is 10.7. The minimum absolute atomic E-state index is 0.475. The van der Waals surface area contributed by atoms with Gasteiger partial charge in [0.25, 0.3) is 0 Å². The zero-order valence-corrected chi connectivity index (χ0v) is 13.8. The summed E-state index contributed by atoms with van der Waals surface area (Å²) in [7, 11) is 1.66. The van der Waals surface area contributed by atoms with E-state index in [0.29, 0.717) is 13.1 Å². The van der Waals surface area contributed by atoms with E-state index in [9.17, 15) is 0 Å². The van der Waals surface area contributed by atoms with Gasteiger partial charge in [-0.05, 0) is 45.8 Å². The van der Waals surface area contributed by atoms with E-state index in [1.54, 1.807) is 7.11 Å². The number of fused-ring (bicyclic) bond motifs is 1. The van der Waals surface area contributed by atoms with Crippen molar-refractivity contribution in [1.29, 1.82) is 0 Å². The number of nitrogens with zero attached hydrogens (tertiary/aromatic N) is 1. The van der Waals surface area contributed by atoms with Crippen molar-refractivity contribution < 1.29 is 4.74 Å². The maximum atomic E-state index is 5.65. The summed E-state index contributed by atoms with van der Waals surface area (Å²) < 4.78 is 6.07. The number of nitrogens with one attached hydrogen (secondary N) is 2. The quantitative estimate of drug-likeness (QED) is 0.651. The van der Waals surface area contributed by atoms with Crippen molar-refractivity contribution in [1.82, 2.24) is 9.97 Å². The number of nitrogens with two attached hydrogens (primary N) is 1. The van der Waals surface area contributed by atoms with Gasteiger partial charge >= 0.3 is 0 Å². The van der Waals surface area contributed by atoms with Gasteiger partial charge in [-0.2, -0.15) is 0 Å². The normalized spacial score (nSPS) is 10.9. The smallest absolute Gasteiger partial charge is 0.141 e. The van der Waals surface area contributed by atoms with E-state index in [0.717, 1.165) is 38.3 Å². The molecule has 0 amide bonds. The maximum absolute atomic E-state index is 5.65. The van der Waals surface area contributed by atoms with Crippen LogP contribution in [0.25, 0.3) is 11.0 Å². The molecule has 0 aliphatic carbocycles. The molecule has 0 radical (unpaired) electrons. The lowest BCUT2D eigenvalue weighted by Crippen LogP contribution is -2.02. The lowest BCUT2D eigenvalue weighted by atomic mass is 10.2. The lowest BCUT2D eigenvalue weighted by Gasteiger charge is -2.08. The van der Waals surface area contributed by atoms with Crippen LogP contribution >= 0.6 is 15.9 Å². The zero-order chi connectivity index (χ0) is 15.5. The fraction of sp³-hybridized carbons (Fsp3) is 0.188. The highest BCUT2D eigenvalue weighted by atomic mass is 79.9. The number of ether oxygens (including phenoxy) is 1. The van der Waals surface area contributed by atoms with E-state index in [-0.39, 0.29) is 0 Å². The van der Waals surface area contributed by atoms with Crippen LogP contribution in [0.3, 0.4) is 0 Å². The number of hydrogen-bond acceptors (Lipinski definition) is 4. The Hall–Kier alpha value is -2.05. The summed E-state index contributed by atoms with van der Waals surface area (Å²) in [5, 5.41) is 3.34. The molecular weight excluding hydrogens is 344 g/mol. The van der Waals surface area contributed by atoms with Gasteiger partial charge in [0.15, 0.2) is 0 Å². The first kappa shape index (κ1) is 14.9. The maximum Gasteiger partial charge on any atom is 0.141 e. The molecule has 2 aromatic heterocycles. The van der Waals surface area contributed by atoms with Crippen molar-refractivity contribution in [2.45, 2.75) is 13.1 Å². The summed E-state index contributed by atoms with van der Waals surface area (Å²) in [6.07, 6.45) is 0. The van der Waals surface area contributed by atoms with E-state index >= 15 is 0 Å². The Morgan fingerprint density at radius 1 is 1.27 bits per heavy atom. The number of H-pyrrole nitrogens is 1. The van der Waals surface area contributed by atoms with Crippen LogP contribution in [0.1, 0.15) is 11.3 Å². The van der Waals surface area contributed by atoms with E-state index in [1.807, 2.05) is 36.4 Å². The highest BCUT2D eigenvalue weighted by molar-refractivity contribution is 9.10. The van der Waals surface area contributed by atoms with Gasteiger partial charge in [-0.1, -0.05) is 12.1 Å². The summed E-state index contributed by atoms with van der Waals surface area (Å²) >= 11 is 3.55. The number of methoxy groups -OCH3 is 1. The molecule has 1 aromatic carbocycles. The molecule has 0 fully saturated rings. The van der Waals surface area contributed by atoms with Crippen LogP contribution in [0.15, 0.2) is 40.9 Å². The fourth-order valence-electron chi connectivity index (χ4n) is 2.25. The highest BCUT2D eigenvalue weighted by Crippen LogP contribution is 2.26. The number of pyridine rings is 1. The molecule has 0 aliphatic rings. The van der Waals surface area contributed by atoms with E-state index in [2.05, 4.69) is 31.2 Å². The number of anilines is 1. The van der Waals surface area contributed by atoms with Crippen molar-refractivity contribution in [3.05, 3.63) is 52.1 Å². The van der Waals surface area contributed by atoms with Gasteiger partial charge in [-0.25, -0.2) is 4.98 Å². The Bertz CT molecular complexity index is 783. The van der Waals surface area contributed by atoms with Crippen LogP contribution in [-0.4, -0.2) is 17.1 Å². The second-order valence-corrected chi connectivity index (χ2v) is 5.81. The minimum atomic E-state index is 0.475. The number of aromatic nitrogens is 2. The van der Waals surface area contributed by atoms with Gasteiger partial charge in [0, 0.05) is 18.8 Å². The Kier molecular flexibility index (Phi) is 4.31. The van der Waals surface area contributed by atoms with Crippen molar-refractivity contribution in [3.63, 3.8) is 0 Å². The largest absolute Gasteiger partial charge is 0.497 e. The minimum Gasteiger partial charge on any atom is -0.497 e. The molecule has 0 spiro atoms. The summed E-state index contributed by atoms with van der Waals surface area (Å²) in [5.41, 5.74) is 9.66. The van der Waals surface area contributed by atoms with Crippen LogP contribution in [0, 0.1) is 0 Å². The van der Waals surface area contributed by atoms with Crippen LogP contribution in [0.5, 0.6) is 5.75 Å². The molecule has 0 saturated heterocycles. The topological polar surface area (TPSA) is 76.0 Å². The SMILES string of the molecule is COc1ccc(CNc2nc3cc(CN)[nH]c3cc2Br)cc1. The highest BCUT2D eigenvalue weighted by Gasteiger charge is 2.07. The van der Waals surface area contributed by atoms with E-state index < -0.39 is 0 Å². The van der Waals surface area contributed by atoms with Gasteiger partial charge < -0.3 is 20.8 Å².